The van der Waals surface area contributed by atoms with Crippen molar-refractivity contribution >= 4 is 23.0 Å². The van der Waals surface area contributed by atoms with Crippen molar-refractivity contribution in [3.05, 3.63) is 23.7 Å². The van der Waals surface area contributed by atoms with Gasteiger partial charge in [-0.2, -0.15) is 0 Å². The Kier molecular flexibility index (Phi) is 3.06. The van der Waals surface area contributed by atoms with Gasteiger partial charge in [-0.3, -0.25) is 9.59 Å². The van der Waals surface area contributed by atoms with Gasteiger partial charge in [-0.1, -0.05) is 0 Å². The number of rotatable bonds is 3. The molecule has 3 N–H and O–H groups in total. The van der Waals surface area contributed by atoms with E-state index in [2.05, 4.69) is 25.6 Å². The first-order chi connectivity index (χ1) is 10.7. The monoisotopic (exact) mass is 299 g/mol. The third-order valence-electron chi connectivity index (χ3n) is 4.23. The van der Waals surface area contributed by atoms with Crippen molar-refractivity contribution in [3.63, 3.8) is 0 Å². The molecule has 0 aromatic carbocycles. The molecule has 114 valence electrons. The number of nitrogens with zero attached hydrogens (tertiary/aromatic N) is 2. The van der Waals surface area contributed by atoms with Crippen molar-refractivity contribution in [2.45, 2.75) is 37.6 Å². The number of piperidine rings is 1. The van der Waals surface area contributed by atoms with Crippen LogP contribution in [0.25, 0.3) is 11.2 Å². The van der Waals surface area contributed by atoms with Crippen LogP contribution in [0.1, 0.15) is 47.7 Å². The highest BCUT2D eigenvalue weighted by Gasteiger charge is 2.28. The molecular formula is C15H17N5O2. The van der Waals surface area contributed by atoms with Gasteiger partial charge < -0.3 is 15.6 Å². The molecule has 3 heterocycles. The molecule has 1 saturated heterocycles. The third-order valence-corrected chi connectivity index (χ3v) is 4.23. The molecule has 0 bridgehead atoms. The van der Waals surface area contributed by atoms with E-state index in [0.717, 1.165) is 25.0 Å². The summed E-state index contributed by atoms with van der Waals surface area (Å²) in [6.07, 6.45) is 7.18. The second-order valence-electron chi connectivity index (χ2n) is 5.93. The molecule has 2 aromatic rings. The van der Waals surface area contributed by atoms with Crippen LogP contribution in [0.5, 0.6) is 0 Å². The van der Waals surface area contributed by atoms with Crippen molar-refractivity contribution in [2.24, 2.45) is 0 Å². The fourth-order valence-electron chi connectivity index (χ4n) is 2.80. The molecule has 22 heavy (non-hydrogen) atoms. The van der Waals surface area contributed by atoms with Crippen LogP contribution in [-0.2, 0) is 4.79 Å². The second kappa shape index (κ2) is 5.08. The smallest absolute Gasteiger partial charge is 0.255 e. The van der Waals surface area contributed by atoms with Crippen molar-refractivity contribution in [2.75, 3.05) is 6.54 Å². The molecule has 1 unspecified atom stereocenters. The standard InChI is InChI=1S/C15H17N5O2/c21-14(20-10-2-1-5-16-15(10)22)9-6-17-13-12(9)19-11(7-18-13)8-3-4-8/h6-8,10H,1-5H2,(H,16,22)(H,17,18)(H,20,21). The van der Waals surface area contributed by atoms with Crippen LogP contribution in [0.15, 0.2) is 12.4 Å². The van der Waals surface area contributed by atoms with Gasteiger partial charge in [-0.05, 0) is 25.7 Å². The van der Waals surface area contributed by atoms with Gasteiger partial charge in [0.25, 0.3) is 5.91 Å². The van der Waals surface area contributed by atoms with E-state index in [1.54, 1.807) is 12.4 Å². The Hall–Kier alpha value is -2.44. The number of fused-ring (bicyclic) bond motifs is 1. The molecule has 1 aliphatic carbocycles. The lowest BCUT2D eigenvalue weighted by Crippen LogP contribution is -2.50. The minimum atomic E-state index is -0.467. The first kappa shape index (κ1) is 13.2. The van der Waals surface area contributed by atoms with Gasteiger partial charge in [-0.15, -0.1) is 0 Å². The van der Waals surface area contributed by atoms with E-state index in [9.17, 15) is 9.59 Å². The molecule has 7 nitrogen and oxygen atoms in total. The van der Waals surface area contributed by atoms with Gasteiger partial charge in [0.05, 0.1) is 17.5 Å². The molecule has 1 aliphatic heterocycles. The molecule has 7 heteroatoms. The number of aromatic amines is 1. The molecule has 4 rings (SSSR count). The molecule has 2 aromatic heterocycles. The number of H-pyrrole nitrogens is 1. The first-order valence-corrected chi connectivity index (χ1v) is 7.65. The fourth-order valence-corrected chi connectivity index (χ4v) is 2.80. The van der Waals surface area contributed by atoms with Crippen LogP contribution in [0.2, 0.25) is 0 Å². The van der Waals surface area contributed by atoms with E-state index in [1.165, 1.54) is 0 Å². The minimum Gasteiger partial charge on any atom is -0.354 e. The van der Waals surface area contributed by atoms with Gasteiger partial charge in [-0.25, -0.2) is 9.97 Å². The number of nitrogens with one attached hydrogen (secondary N) is 3. The maximum absolute atomic E-state index is 12.5. The number of aromatic nitrogens is 3. The lowest BCUT2D eigenvalue weighted by Gasteiger charge is -2.22. The van der Waals surface area contributed by atoms with Gasteiger partial charge in [0.2, 0.25) is 5.91 Å². The average molecular weight is 299 g/mol. The molecular weight excluding hydrogens is 282 g/mol. The first-order valence-electron chi connectivity index (χ1n) is 7.65. The summed E-state index contributed by atoms with van der Waals surface area (Å²) in [5.74, 6) is 0.0755. The largest absolute Gasteiger partial charge is 0.354 e. The van der Waals surface area contributed by atoms with E-state index >= 15 is 0 Å². The van der Waals surface area contributed by atoms with Gasteiger partial charge in [0.15, 0.2) is 5.65 Å². The summed E-state index contributed by atoms with van der Waals surface area (Å²) in [7, 11) is 0. The number of carbonyl (C=O) groups excluding carboxylic acids is 2. The van der Waals surface area contributed by atoms with Crippen molar-refractivity contribution < 1.29 is 9.59 Å². The van der Waals surface area contributed by atoms with E-state index in [0.29, 0.717) is 35.6 Å². The zero-order valence-electron chi connectivity index (χ0n) is 12.1. The van der Waals surface area contributed by atoms with Crippen molar-refractivity contribution in [3.8, 4) is 0 Å². The SMILES string of the molecule is O=C(NC1CCCNC1=O)c1c[nH]c2ncc(C3CC3)nc12. The zero-order valence-corrected chi connectivity index (χ0v) is 12.1. The lowest BCUT2D eigenvalue weighted by atomic mass is 10.1. The zero-order chi connectivity index (χ0) is 15.1. The maximum Gasteiger partial charge on any atom is 0.255 e. The molecule has 0 radical (unpaired) electrons. The normalized spacial score (nSPS) is 21.6. The Morgan fingerprint density at radius 2 is 2.18 bits per heavy atom. The highest BCUT2D eigenvalue weighted by molar-refractivity contribution is 6.05. The van der Waals surface area contributed by atoms with Crippen molar-refractivity contribution in [1.29, 1.82) is 0 Å². The van der Waals surface area contributed by atoms with E-state index < -0.39 is 6.04 Å². The van der Waals surface area contributed by atoms with Crippen LogP contribution < -0.4 is 10.6 Å². The second-order valence-corrected chi connectivity index (χ2v) is 5.93. The van der Waals surface area contributed by atoms with Crippen LogP contribution >= 0.6 is 0 Å². The fraction of sp³-hybridized carbons (Fsp3) is 0.467. The predicted octanol–water partition coefficient (Wildman–Crippen LogP) is 0.844. The Bertz CT molecular complexity index is 749. The lowest BCUT2D eigenvalue weighted by molar-refractivity contribution is -0.124. The van der Waals surface area contributed by atoms with E-state index in [-0.39, 0.29) is 11.8 Å². The number of carbonyl (C=O) groups is 2. The summed E-state index contributed by atoms with van der Waals surface area (Å²) in [6, 6.07) is -0.467. The molecule has 1 atom stereocenters. The summed E-state index contributed by atoms with van der Waals surface area (Å²) >= 11 is 0. The number of hydrogen-bond acceptors (Lipinski definition) is 4. The Balaban J connectivity index is 1.60. The van der Waals surface area contributed by atoms with Gasteiger partial charge >= 0.3 is 0 Å². The van der Waals surface area contributed by atoms with Gasteiger partial charge in [0, 0.05) is 18.7 Å². The molecule has 1 saturated carbocycles. The highest BCUT2D eigenvalue weighted by Crippen LogP contribution is 2.39. The maximum atomic E-state index is 12.5. The van der Waals surface area contributed by atoms with E-state index in [4.69, 9.17) is 0 Å². The summed E-state index contributed by atoms with van der Waals surface area (Å²) in [5.41, 5.74) is 2.57. The quantitative estimate of drug-likeness (QED) is 0.782. The van der Waals surface area contributed by atoms with Crippen molar-refractivity contribution in [1.82, 2.24) is 25.6 Å². The van der Waals surface area contributed by atoms with E-state index in [1.807, 2.05) is 0 Å². The molecule has 2 aliphatic rings. The van der Waals surface area contributed by atoms with Crippen LogP contribution in [-0.4, -0.2) is 39.4 Å². The van der Waals surface area contributed by atoms with Gasteiger partial charge in [0.1, 0.15) is 11.6 Å². The number of hydrogen-bond donors (Lipinski definition) is 3. The predicted molar refractivity (Wildman–Crippen MR) is 79.4 cm³/mol. The van der Waals surface area contributed by atoms with Crippen LogP contribution in [0.3, 0.4) is 0 Å². The Morgan fingerprint density at radius 3 is 2.95 bits per heavy atom. The van der Waals surface area contributed by atoms with Crippen LogP contribution in [0.4, 0.5) is 0 Å². The highest BCUT2D eigenvalue weighted by atomic mass is 16.2. The summed E-state index contributed by atoms with van der Waals surface area (Å²) in [6.45, 7) is 0.675. The average Bonchev–Trinajstić information content (AvgIpc) is 3.29. The van der Waals surface area contributed by atoms with Crippen LogP contribution in [0, 0.1) is 0 Å². The summed E-state index contributed by atoms with van der Waals surface area (Å²) < 4.78 is 0. The Labute approximate surface area is 126 Å². The summed E-state index contributed by atoms with van der Waals surface area (Å²) in [5, 5.41) is 5.55. The third kappa shape index (κ3) is 2.32. The minimum absolute atomic E-state index is 0.121. The topological polar surface area (TPSA) is 99.8 Å². The number of amides is 2. The molecule has 2 fully saturated rings. The molecule has 2 amide bonds. The Morgan fingerprint density at radius 1 is 1.32 bits per heavy atom. The summed E-state index contributed by atoms with van der Waals surface area (Å²) in [4.78, 5) is 36.1. The molecule has 0 spiro atoms.